The van der Waals surface area contributed by atoms with Crippen LogP contribution in [0.2, 0.25) is 0 Å². The van der Waals surface area contributed by atoms with Crippen LogP contribution in [0.5, 0.6) is 0 Å². The summed E-state index contributed by atoms with van der Waals surface area (Å²) in [5.41, 5.74) is 0.696. The van der Waals surface area contributed by atoms with Crippen molar-refractivity contribution >= 4 is 50.6 Å². The molecule has 3 aliphatic rings. The summed E-state index contributed by atoms with van der Waals surface area (Å²) in [5.74, 6) is -1.58. The maximum absolute atomic E-state index is 15.5. The first kappa shape index (κ1) is 36.4. The molecule has 4 heterocycles. The number of furan rings is 1. The molecule has 5 aromatic rings. The van der Waals surface area contributed by atoms with E-state index in [-0.39, 0.29) is 41.8 Å². The van der Waals surface area contributed by atoms with E-state index in [9.17, 15) is 27.5 Å². The van der Waals surface area contributed by atoms with Gasteiger partial charge in [0.2, 0.25) is 5.91 Å². The van der Waals surface area contributed by atoms with Crippen LogP contribution in [0.4, 0.5) is 26.3 Å². The molecule has 1 aromatic carbocycles. The number of aryl methyl sites for hydroxylation is 1. The second kappa shape index (κ2) is 12.7. The van der Waals surface area contributed by atoms with E-state index in [1.807, 2.05) is 6.07 Å². The van der Waals surface area contributed by atoms with Gasteiger partial charge in [-0.2, -0.15) is 27.8 Å². The number of aromatic amines is 1. The van der Waals surface area contributed by atoms with Crippen molar-refractivity contribution in [3.05, 3.63) is 87.9 Å². The van der Waals surface area contributed by atoms with Crippen molar-refractivity contribution in [2.24, 2.45) is 5.92 Å². The van der Waals surface area contributed by atoms with Gasteiger partial charge >= 0.3 is 3.93 Å². The van der Waals surface area contributed by atoms with Gasteiger partial charge in [0.05, 0.1) is 11.7 Å². The maximum Gasteiger partial charge on any atom is 0.340 e. The van der Waals surface area contributed by atoms with Gasteiger partial charge in [0, 0.05) is 57.0 Å². The Morgan fingerprint density at radius 3 is 2.72 bits per heavy atom. The minimum Gasteiger partial charge on any atom is -0.452 e. The number of hydrogen-bond acceptors (Lipinski definition) is 6. The average Bonchev–Trinajstić information content (AvgIpc) is 3.34. The van der Waals surface area contributed by atoms with Gasteiger partial charge in [-0.3, -0.25) is 14.6 Å². The van der Waals surface area contributed by atoms with E-state index in [0.717, 1.165) is 34.7 Å². The highest BCUT2D eigenvalue weighted by Crippen LogP contribution is 2.68. The standard InChI is InChI=1S/C38H31F6IN6O3/c1-17-32-31(49-48-17)24-6-4-5-23(33(24)54-32)22-8-7-21(9-10-36(2,3)53)46-30(22)27(13-18-11-19(39)14-20(40)12-18)47-28(52)16-51-35-29(34(50-51)38(43,44)45)25-15-26(25)37(35,41)42/h4-8,11,14,20,25-27,53H,12-13,15-16H2,1-3H3,(H,47,52)(H,48,49)/t20?,25-,26+,27?/m0/s1. The van der Waals surface area contributed by atoms with E-state index in [4.69, 9.17) is 9.40 Å². The first-order valence-electron chi connectivity index (χ1n) is 17.1. The molecular weight excluding hydrogens is 829 g/mol. The number of hydrogen-bond donors (Lipinski definition) is 3. The van der Waals surface area contributed by atoms with E-state index in [2.05, 4.69) is 32.5 Å². The summed E-state index contributed by atoms with van der Waals surface area (Å²) in [4.78, 5) is 18.7. The molecule has 4 atom stereocenters. The number of nitrogens with one attached hydrogen (secondary N) is 2. The molecule has 0 bridgehead atoms. The van der Waals surface area contributed by atoms with E-state index < -0.39 is 69.2 Å². The second-order valence-corrected chi connectivity index (χ2v) is 15.8. The third-order valence-corrected chi connectivity index (χ3v) is 10.4. The highest BCUT2D eigenvalue weighted by molar-refractivity contribution is 14.1. The largest absolute Gasteiger partial charge is 0.452 e. The third-order valence-electron chi connectivity index (χ3n) is 9.86. The molecule has 9 nitrogen and oxygen atoms in total. The number of allylic oxidation sites excluding steroid dienone is 3. The van der Waals surface area contributed by atoms with E-state index in [1.165, 1.54) is 13.8 Å². The minimum atomic E-state index is -3.57. The van der Waals surface area contributed by atoms with E-state index in [1.54, 1.807) is 31.2 Å². The number of benzene rings is 1. The molecule has 4 aromatic heterocycles. The molecule has 1 fully saturated rings. The first-order valence-corrected chi connectivity index (χ1v) is 18.2. The second-order valence-electron chi connectivity index (χ2n) is 14.5. The SMILES string of the molecule is Cc1n[nH]c2c1oc1c(-c3ccc(C#CC(C)(C)O)nc3C(CC3=CC(F)=CC(F)C3)NC(=O)Cn3nc(C(F)(F)I)c4c3C(F)(F)[C@@H]3C[C@H]43)cccc12. The van der Waals surface area contributed by atoms with Crippen molar-refractivity contribution in [1.29, 1.82) is 0 Å². The average molecular weight is 861 g/mol. The molecule has 0 spiro atoms. The van der Waals surface area contributed by atoms with Crippen LogP contribution in [-0.4, -0.2) is 47.7 Å². The number of pyridine rings is 1. The quantitative estimate of drug-likeness (QED) is 0.0624. The lowest BCUT2D eigenvalue weighted by Crippen LogP contribution is -2.34. The van der Waals surface area contributed by atoms with Crippen LogP contribution in [0.15, 0.2) is 58.3 Å². The lowest BCUT2D eigenvalue weighted by molar-refractivity contribution is -0.123. The minimum absolute atomic E-state index is 0.0460. The zero-order chi connectivity index (χ0) is 38.5. The summed E-state index contributed by atoms with van der Waals surface area (Å²) in [5, 5.41) is 24.8. The first-order chi connectivity index (χ1) is 25.4. The van der Waals surface area contributed by atoms with Crippen LogP contribution in [0.1, 0.15) is 79.1 Å². The Labute approximate surface area is 317 Å². The normalized spacial score (nSPS) is 20.9. The molecule has 8 rings (SSSR count). The van der Waals surface area contributed by atoms with Crippen molar-refractivity contribution in [3.63, 3.8) is 0 Å². The number of nitrogens with zero attached hydrogens (tertiary/aromatic N) is 4. The number of amides is 1. The van der Waals surface area contributed by atoms with Crippen molar-refractivity contribution < 1.29 is 40.7 Å². The fourth-order valence-corrected chi connectivity index (χ4v) is 7.91. The van der Waals surface area contributed by atoms with E-state index in [0.29, 0.717) is 43.6 Å². The number of rotatable bonds is 8. The Bertz CT molecular complexity index is 2500. The monoisotopic (exact) mass is 860 g/mol. The van der Waals surface area contributed by atoms with Crippen molar-refractivity contribution in [2.75, 3.05) is 0 Å². The number of halogens is 7. The number of carbonyl (C=O) groups is 1. The number of fused-ring (bicyclic) bond motifs is 6. The number of aliphatic hydroxyl groups is 1. The molecule has 280 valence electrons. The number of alkyl halides is 6. The Balaban J connectivity index is 1.25. The fourth-order valence-electron chi connectivity index (χ4n) is 7.52. The zero-order valence-corrected chi connectivity index (χ0v) is 31.0. The predicted octanol–water partition coefficient (Wildman–Crippen LogP) is 8.46. The molecular formula is C38H31F6IN6O3. The molecule has 1 saturated carbocycles. The number of para-hydroxylation sites is 1. The van der Waals surface area contributed by atoms with Crippen molar-refractivity contribution in [3.8, 4) is 23.0 Å². The lowest BCUT2D eigenvalue weighted by atomic mass is 9.91. The number of H-pyrrole nitrogens is 1. The Morgan fingerprint density at radius 2 is 2.00 bits per heavy atom. The topological polar surface area (TPSA) is 122 Å². The van der Waals surface area contributed by atoms with Crippen LogP contribution in [0.3, 0.4) is 0 Å². The van der Waals surface area contributed by atoms with Crippen molar-refractivity contribution in [2.45, 2.75) is 80.2 Å². The van der Waals surface area contributed by atoms with Gasteiger partial charge in [0.25, 0.3) is 5.92 Å². The van der Waals surface area contributed by atoms with Gasteiger partial charge in [-0.1, -0.05) is 23.6 Å². The highest BCUT2D eigenvalue weighted by atomic mass is 127. The zero-order valence-electron chi connectivity index (χ0n) is 28.9. The fraction of sp³-hybridized carbons (Fsp3) is 0.368. The highest BCUT2D eigenvalue weighted by Gasteiger charge is 2.68. The molecule has 3 aliphatic carbocycles. The van der Waals surface area contributed by atoms with Crippen LogP contribution in [-0.2, 0) is 21.2 Å². The summed E-state index contributed by atoms with van der Waals surface area (Å²) in [7, 11) is 0. The number of carbonyl (C=O) groups excluding carboxylic acids is 1. The van der Waals surface area contributed by atoms with Gasteiger partial charge in [-0.15, -0.1) is 0 Å². The van der Waals surface area contributed by atoms with Gasteiger partial charge in [0.1, 0.15) is 58.0 Å². The Kier molecular flexibility index (Phi) is 8.56. The van der Waals surface area contributed by atoms with Crippen LogP contribution in [0, 0.1) is 24.7 Å². The Morgan fingerprint density at radius 1 is 1.22 bits per heavy atom. The molecule has 54 heavy (non-hydrogen) atoms. The third kappa shape index (κ3) is 6.48. The summed E-state index contributed by atoms with van der Waals surface area (Å²) in [6.45, 7) is 3.89. The van der Waals surface area contributed by atoms with E-state index >= 15 is 8.78 Å². The molecule has 0 radical (unpaired) electrons. The molecule has 0 saturated heterocycles. The molecule has 1 amide bonds. The summed E-state index contributed by atoms with van der Waals surface area (Å²) in [6.07, 6.45) is -0.00286. The number of aromatic nitrogens is 5. The van der Waals surface area contributed by atoms with Crippen LogP contribution in [0.25, 0.3) is 33.2 Å². The van der Waals surface area contributed by atoms with Gasteiger partial charge in [-0.25, -0.2) is 13.8 Å². The molecule has 16 heteroatoms. The summed E-state index contributed by atoms with van der Waals surface area (Å²) < 4.78 is 92.8. The molecule has 0 aliphatic heterocycles. The van der Waals surface area contributed by atoms with Gasteiger partial charge in [0.15, 0.2) is 5.58 Å². The molecule has 3 N–H and O–H groups in total. The maximum atomic E-state index is 15.5. The smallest absolute Gasteiger partial charge is 0.340 e. The lowest BCUT2D eigenvalue weighted by Gasteiger charge is -2.25. The molecule has 2 unspecified atom stereocenters. The van der Waals surface area contributed by atoms with Gasteiger partial charge in [-0.05, 0) is 75.8 Å². The summed E-state index contributed by atoms with van der Waals surface area (Å²) >= 11 is 0.845. The van der Waals surface area contributed by atoms with Crippen molar-refractivity contribution in [1.82, 2.24) is 30.3 Å². The predicted molar refractivity (Wildman–Crippen MR) is 194 cm³/mol. The van der Waals surface area contributed by atoms with Crippen LogP contribution < -0.4 is 5.32 Å². The van der Waals surface area contributed by atoms with Crippen LogP contribution >= 0.6 is 22.6 Å². The van der Waals surface area contributed by atoms with Gasteiger partial charge < -0.3 is 14.8 Å². The summed E-state index contributed by atoms with van der Waals surface area (Å²) in [6, 6.07) is 7.49. The Hall–Kier alpha value is -4.63.